The zero-order valence-electron chi connectivity index (χ0n) is 19.3. The maximum atomic E-state index is 12.9. The average molecular weight is 417 g/mol. The summed E-state index contributed by atoms with van der Waals surface area (Å²) >= 11 is 0. The van der Waals surface area contributed by atoms with Crippen LogP contribution < -0.4 is 5.32 Å². The van der Waals surface area contributed by atoms with E-state index in [4.69, 9.17) is 0 Å². The third-order valence-electron chi connectivity index (χ3n) is 8.40. The van der Waals surface area contributed by atoms with Crippen LogP contribution in [0.2, 0.25) is 0 Å². The Bertz CT molecular complexity index is 961. The Morgan fingerprint density at radius 1 is 1.16 bits per heavy atom. The summed E-state index contributed by atoms with van der Waals surface area (Å²) in [7, 11) is 0. The van der Waals surface area contributed by atoms with Crippen molar-refractivity contribution >= 4 is 5.91 Å². The first-order valence-corrected chi connectivity index (χ1v) is 12.2. The Hall–Kier alpha value is -2.13. The van der Waals surface area contributed by atoms with Crippen molar-refractivity contribution in [3.63, 3.8) is 0 Å². The van der Waals surface area contributed by atoms with Gasteiger partial charge in [-0.25, -0.2) is 0 Å². The van der Waals surface area contributed by atoms with Gasteiger partial charge in [0.1, 0.15) is 0 Å². The summed E-state index contributed by atoms with van der Waals surface area (Å²) in [6.45, 7) is 10.2. The van der Waals surface area contributed by atoms with E-state index in [1.807, 2.05) is 6.07 Å². The Kier molecular flexibility index (Phi) is 5.42. The maximum Gasteiger partial charge on any atom is 0.251 e. The van der Waals surface area contributed by atoms with Crippen LogP contribution >= 0.6 is 0 Å². The quantitative estimate of drug-likeness (QED) is 0.726. The van der Waals surface area contributed by atoms with Crippen LogP contribution in [0.3, 0.4) is 0 Å². The molecule has 2 aliphatic carbocycles. The van der Waals surface area contributed by atoms with E-state index in [-0.39, 0.29) is 11.3 Å². The fraction of sp³-hybridized carbons (Fsp3) is 0.536. The highest BCUT2D eigenvalue weighted by molar-refractivity contribution is 5.94. The van der Waals surface area contributed by atoms with Gasteiger partial charge in [0.05, 0.1) is 0 Å². The molecule has 1 N–H and O–H groups in total. The standard InChI is InChI=1S/C28H36N2O/c1-19-4-6-21(7-5-19)12-14-29-27(31)24-11-10-23-17-26-20(2)28(3,25(23)16-24)13-15-30(26)18-22-8-9-22/h4-7,10-11,16,20,22,26H,8-9,12-15,17-18H2,1-3H3,(H,29,31)/t20-,26?,28-/m0/s1. The van der Waals surface area contributed by atoms with Gasteiger partial charge in [-0.05, 0) is 91.6 Å². The number of benzene rings is 2. The molecule has 2 aromatic rings. The van der Waals surface area contributed by atoms with Gasteiger partial charge in [-0.15, -0.1) is 0 Å². The van der Waals surface area contributed by atoms with Gasteiger partial charge in [-0.2, -0.15) is 0 Å². The van der Waals surface area contributed by atoms with E-state index < -0.39 is 0 Å². The summed E-state index contributed by atoms with van der Waals surface area (Å²) in [6, 6.07) is 15.7. The van der Waals surface area contributed by atoms with Crippen LogP contribution in [0.1, 0.15) is 65.7 Å². The van der Waals surface area contributed by atoms with E-state index in [0.717, 1.165) is 24.3 Å². The molecule has 1 aliphatic heterocycles. The Balaban J connectivity index is 1.28. The van der Waals surface area contributed by atoms with Crippen LogP contribution in [-0.4, -0.2) is 36.5 Å². The van der Waals surface area contributed by atoms with Crippen LogP contribution in [0.25, 0.3) is 0 Å². The number of carbonyl (C=O) groups is 1. The number of aryl methyl sites for hydroxylation is 1. The molecule has 1 heterocycles. The highest BCUT2D eigenvalue weighted by Gasteiger charge is 2.49. The number of fused-ring (bicyclic) bond motifs is 4. The SMILES string of the molecule is Cc1ccc(CCNC(=O)c2ccc3c(c2)[C@@]2(C)CCN(CC4CC4)C(C3)[C@@H]2C)cc1. The van der Waals surface area contributed by atoms with Gasteiger partial charge >= 0.3 is 0 Å². The molecule has 1 saturated carbocycles. The lowest BCUT2D eigenvalue weighted by Gasteiger charge is -2.55. The molecular weight excluding hydrogens is 380 g/mol. The number of nitrogens with zero attached hydrogens (tertiary/aromatic N) is 1. The molecule has 5 rings (SSSR count). The van der Waals surface area contributed by atoms with Gasteiger partial charge in [-0.3, -0.25) is 9.69 Å². The smallest absolute Gasteiger partial charge is 0.251 e. The van der Waals surface area contributed by atoms with E-state index in [9.17, 15) is 4.79 Å². The molecule has 1 saturated heterocycles. The Labute approximate surface area is 187 Å². The van der Waals surface area contributed by atoms with E-state index >= 15 is 0 Å². The minimum absolute atomic E-state index is 0.0551. The molecule has 0 aromatic heterocycles. The first kappa shape index (κ1) is 20.8. The molecular formula is C28H36N2O. The van der Waals surface area contributed by atoms with Gasteiger partial charge in [-0.1, -0.05) is 49.7 Å². The van der Waals surface area contributed by atoms with Crippen molar-refractivity contribution in [2.75, 3.05) is 19.6 Å². The van der Waals surface area contributed by atoms with Gasteiger partial charge in [0.15, 0.2) is 0 Å². The lowest BCUT2D eigenvalue weighted by Crippen LogP contribution is -2.58. The van der Waals surface area contributed by atoms with Crippen LogP contribution in [-0.2, 0) is 18.3 Å². The first-order chi connectivity index (χ1) is 14.9. The number of hydrogen-bond donors (Lipinski definition) is 1. The predicted molar refractivity (Wildman–Crippen MR) is 127 cm³/mol. The third kappa shape index (κ3) is 4.05. The predicted octanol–water partition coefficient (Wildman–Crippen LogP) is 4.90. The number of rotatable bonds is 6. The van der Waals surface area contributed by atoms with E-state index in [2.05, 4.69) is 67.4 Å². The van der Waals surface area contributed by atoms with Crippen molar-refractivity contribution in [3.8, 4) is 0 Å². The van der Waals surface area contributed by atoms with Crippen LogP contribution in [0, 0.1) is 18.8 Å². The summed E-state index contributed by atoms with van der Waals surface area (Å²) in [5, 5.41) is 3.14. The molecule has 3 atom stereocenters. The molecule has 1 amide bonds. The number of amides is 1. The molecule has 3 heteroatoms. The molecule has 0 spiro atoms. The monoisotopic (exact) mass is 416 g/mol. The zero-order valence-corrected chi connectivity index (χ0v) is 19.3. The molecule has 0 radical (unpaired) electrons. The normalized spacial score (nSPS) is 27.6. The summed E-state index contributed by atoms with van der Waals surface area (Å²) in [6.07, 6.45) is 6.04. The van der Waals surface area contributed by atoms with Gasteiger partial charge in [0.2, 0.25) is 0 Å². The lowest BCUT2D eigenvalue weighted by molar-refractivity contribution is 0.0284. The molecule has 164 valence electrons. The van der Waals surface area contributed by atoms with Crippen LogP contribution in [0.4, 0.5) is 0 Å². The number of piperidine rings is 1. The number of nitrogens with one attached hydrogen (secondary N) is 1. The molecule has 2 fully saturated rings. The van der Waals surface area contributed by atoms with E-state index in [1.54, 1.807) is 0 Å². The first-order valence-electron chi connectivity index (χ1n) is 12.2. The van der Waals surface area contributed by atoms with Gasteiger partial charge in [0.25, 0.3) is 5.91 Å². The maximum absolute atomic E-state index is 12.9. The van der Waals surface area contributed by atoms with E-state index in [0.29, 0.717) is 18.5 Å². The van der Waals surface area contributed by atoms with Crippen molar-refractivity contribution in [1.82, 2.24) is 10.2 Å². The molecule has 3 nitrogen and oxygen atoms in total. The number of hydrogen-bond acceptors (Lipinski definition) is 2. The van der Waals surface area contributed by atoms with Gasteiger partial charge in [0, 0.05) is 24.7 Å². The average Bonchev–Trinajstić information content (AvgIpc) is 3.58. The van der Waals surface area contributed by atoms with Crippen molar-refractivity contribution in [2.45, 2.75) is 64.3 Å². The highest BCUT2D eigenvalue weighted by atomic mass is 16.1. The van der Waals surface area contributed by atoms with Crippen LogP contribution in [0.5, 0.6) is 0 Å². The molecule has 1 unspecified atom stereocenters. The lowest BCUT2D eigenvalue weighted by atomic mass is 9.59. The molecule has 3 aliphatic rings. The number of carbonyl (C=O) groups excluding carboxylic acids is 1. The largest absolute Gasteiger partial charge is 0.352 e. The minimum atomic E-state index is 0.0551. The summed E-state index contributed by atoms with van der Waals surface area (Å²) < 4.78 is 0. The van der Waals surface area contributed by atoms with E-state index in [1.165, 1.54) is 54.6 Å². The molecule has 2 aromatic carbocycles. The summed E-state index contributed by atoms with van der Waals surface area (Å²) in [5.74, 6) is 1.63. The summed E-state index contributed by atoms with van der Waals surface area (Å²) in [5.41, 5.74) is 6.41. The zero-order chi connectivity index (χ0) is 21.6. The molecule has 31 heavy (non-hydrogen) atoms. The van der Waals surface area contributed by atoms with Gasteiger partial charge < -0.3 is 5.32 Å². The topological polar surface area (TPSA) is 32.3 Å². The fourth-order valence-corrected chi connectivity index (χ4v) is 5.88. The third-order valence-corrected chi connectivity index (χ3v) is 8.40. The number of likely N-dealkylation sites (tertiary alicyclic amines) is 1. The fourth-order valence-electron chi connectivity index (χ4n) is 5.88. The second kappa shape index (κ2) is 8.09. The van der Waals surface area contributed by atoms with Crippen molar-refractivity contribution in [3.05, 3.63) is 70.3 Å². The second-order valence-electron chi connectivity index (χ2n) is 10.5. The summed E-state index contributed by atoms with van der Waals surface area (Å²) in [4.78, 5) is 15.7. The Morgan fingerprint density at radius 2 is 1.94 bits per heavy atom. The minimum Gasteiger partial charge on any atom is -0.352 e. The van der Waals surface area contributed by atoms with Crippen LogP contribution in [0.15, 0.2) is 42.5 Å². The molecule has 2 bridgehead atoms. The second-order valence-corrected chi connectivity index (χ2v) is 10.5. The van der Waals surface area contributed by atoms with Crippen molar-refractivity contribution in [1.29, 1.82) is 0 Å². The van der Waals surface area contributed by atoms with Crippen molar-refractivity contribution in [2.24, 2.45) is 11.8 Å². The Morgan fingerprint density at radius 3 is 2.68 bits per heavy atom. The van der Waals surface area contributed by atoms with Crippen molar-refractivity contribution < 1.29 is 4.79 Å². The highest BCUT2D eigenvalue weighted by Crippen LogP contribution is 2.49.